The van der Waals surface area contributed by atoms with Gasteiger partial charge in [0.15, 0.2) is 6.10 Å². The van der Waals surface area contributed by atoms with Gasteiger partial charge in [0.1, 0.15) is 5.75 Å². The minimum absolute atomic E-state index is 0.112. The molecule has 2 aliphatic heterocycles. The van der Waals surface area contributed by atoms with Crippen molar-refractivity contribution < 1.29 is 9.53 Å². The first-order valence-electron chi connectivity index (χ1n) is 7.41. The van der Waals surface area contributed by atoms with Crippen LogP contribution in [0.25, 0.3) is 0 Å². The number of fused-ring (bicyclic) bond motifs is 1. The highest BCUT2D eigenvalue weighted by atomic mass is 16.5. The van der Waals surface area contributed by atoms with Crippen molar-refractivity contribution in [3.8, 4) is 5.75 Å². The Hall–Kier alpha value is -1.55. The largest absolute Gasteiger partial charge is 0.480 e. The van der Waals surface area contributed by atoms with Gasteiger partial charge in [0, 0.05) is 24.6 Å². The van der Waals surface area contributed by atoms with Crippen LogP contribution in [-0.2, 0) is 4.79 Å². The van der Waals surface area contributed by atoms with Crippen LogP contribution >= 0.6 is 0 Å². The van der Waals surface area contributed by atoms with E-state index in [-0.39, 0.29) is 17.9 Å². The molecule has 0 spiro atoms. The second kappa shape index (κ2) is 5.44. The van der Waals surface area contributed by atoms with Crippen molar-refractivity contribution in [2.24, 2.45) is 0 Å². The third kappa shape index (κ3) is 2.29. The van der Waals surface area contributed by atoms with Crippen molar-refractivity contribution in [3.63, 3.8) is 0 Å². The summed E-state index contributed by atoms with van der Waals surface area (Å²) in [6.45, 7) is 4.05. The summed E-state index contributed by atoms with van der Waals surface area (Å²) in [5.74, 6) is 1.10. The van der Waals surface area contributed by atoms with Gasteiger partial charge in [0.25, 0.3) is 5.91 Å². The fourth-order valence-electron chi connectivity index (χ4n) is 3.20. The van der Waals surface area contributed by atoms with E-state index in [1.54, 1.807) is 0 Å². The van der Waals surface area contributed by atoms with Crippen LogP contribution in [0.5, 0.6) is 5.75 Å². The topological polar surface area (TPSA) is 41.6 Å². The number of nitrogens with one attached hydrogen (secondary N) is 1. The molecule has 3 rings (SSSR count). The molecule has 4 heteroatoms. The van der Waals surface area contributed by atoms with E-state index in [9.17, 15) is 4.79 Å². The van der Waals surface area contributed by atoms with Crippen molar-refractivity contribution in [2.75, 3.05) is 20.1 Å². The molecular weight excluding hydrogens is 252 g/mol. The highest BCUT2D eigenvalue weighted by Gasteiger charge is 2.39. The molecule has 1 aromatic rings. The lowest BCUT2D eigenvalue weighted by Crippen LogP contribution is -2.49. The summed E-state index contributed by atoms with van der Waals surface area (Å²) in [7, 11) is 1.91. The minimum atomic E-state index is -0.368. The zero-order valence-corrected chi connectivity index (χ0v) is 12.1. The van der Waals surface area contributed by atoms with Crippen LogP contribution in [0.1, 0.15) is 31.2 Å². The summed E-state index contributed by atoms with van der Waals surface area (Å²) in [4.78, 5) is 14.6. The molecule has 0 aromatic heterocycles. The van der Waals surface area contributed by atoms with Gasteiger partial charge >= 0.3 is 0 Å². The summed E-state index contributed by atoms with van der Waals surface area (Å²) in [5, 5.41) is 3.33. The number of benzene rings is 1. The number of piperidine rings is 1. The number of ether oxygens (including phenoxy) is 1. The summed E-state index contributed by atoms with van der Waals surface area (Å²) in [6, 6.07) is 8.29. The Morgan fingerprint density at radius 3 is 2.70 bits per heavy atom. The van der Waals surface area contributed by atoms with Crippen LogP contribution in [-0.4, -0.2) is 43.1 Å². The number of hydrogen-bond acceptors (Lipinski definition) is 3. The van der Waals surface area contributed by atoms with E-state index in [4.69, 9.17) is 4.74 Å². The fourth-order valence-corrected chi connectivity index (χ4v) is 3.20. The Bertz CT molecular complexity index is 497. The van der Waals surface area contributed by atoms with E-state index in [2.05, 4.69) is 18.3 Å². The Labute approximate surface area is 120 Å². The van der Waals surface area contributed by atoms with Crippen LogP contribution in [0.4, 0.5) is 0 Å². The first-order chi connectivity index (χ1) is 9.68. The van der Waals surface area contributed by atoms with Crippen LogP contribution in [0.2, 0.25) is 0 Å². The molecule has 2 aliphatic rings. The summed E-state index contributed by atoms with van der Waals surface area (Å²) >= 11 is 0. The predicted octanol–water partition coefficient (Wildman–Crippen LogP) is 1.76. The van der Waals surface area contributed by atoms with E-state index in [0.29, 0.717) is 6.04 Å². The monoisotopic (exact) mass is 274 g/mol. The number of amides is 1. The molecule has 20 heavy (non-hydrogen) atoms. The maximum atomic E-state index is 12.7. The van der Waals surface area contributed by atoms with Gasteiger partial charge in [-0.2, -0.15) is 0 Å². The molecule has 1 saturated heterocycles. The second-order valence-electron chi connectivity index (χ2n) is 5.80. The van der Waals surface area contributed by atoms with Crippen molar-refractivity contribution in [3.05, 3.63) is 29.8 Å². The van der Waals surface area contributed by atoms with E-state index >= 15 is 0 Å². The van der Waals surface area contributed by atoms with Gasteiger partial charge < -0.3 is 15.0 Å². The highest BCUT2D eigenvalue weighted by molar-refractivity contribution is 5.83. The van der Waals surface area contributed by atoms with Crippen LogP contribution in [0.15, 0.2) is 24.3 Å². The molecule has 2 atom stereocenters. The molecule has 0 unspecified atom stereocenters. The lowest BCUT2D eigenvalue weighted by Gasteiger charge is -2.33. The maximum Gasteiger partial charge on any atom is 0.264 e. The Morgan fingerprint density at radius 2 is 2.00 bits per heavy atom. The summed E-state index contributed by atoms with van der Waals surface area (Å²) in [6.07, 6.45) is 1.68. The summed E-state index contributed by atoms with van der Waals surface area (Å²) < 4.78 is 5.89. The number of para-hydroxylation sites is 1. The Morgan fingerprint density at radius 1 is 1.30 bits per heavy atom. The number of carbonyl (C=O) groups excluding carboxylic acids is 1. The minimum Gasteiger partial charge on any atom is -0.480 e. The van der Waals surface area contributed by atoms with E-state index in [1.807, 2.05) is 30.1 Å². The third-order valence-electron chi connectivity index (χ3n) is 4.57. The second-order valence-corrected chi connectivity index (χ2v) is 5.80. The molecule has 108 valence electrons. The van der Waals surface area contributed by atoms with Gasteiger partial charge in [-0.25, -0.2) is 0 Å². The standard InChI is InChI=1S/C16H22N2O2/c1-11-13-5-3-4-6-14(13)20-15(11)16(19)18(2)12-7-9-17-10-8-12/h3-6,11-12,15,17H,7-10H2,1-2H3/t11-,15-/m0/s1. The SMILES string of the molecule is C[C@H]1c2ccccc2O[C@@H]1C(=O)N(C)C1CCNCC1. The van der Waals surface area contributed by atoms with Crippen molar-refractivity contribution in [1.82, 2.24) is 10.2 Å². The maximum absolute atomic E-state index is 12.7. The molecule has 0 saturated carbocycles. The van der Waals surface area contributed by atoms with Gasteiger partial charge in [-0.1, -0.05) is 25.1 Å². The normalized spacial score (nSPS) is 25.9. The number of carbonyl (C=O) groups is 1. The van der Waals surface area contributed by atoms with E-state index < -0.39 is 0 Å². The van der Waals surface area contributed by atoms with Gasteiger partial charge in [0.05, 0.1) is 0 Å². The van der Waals surface area contributed by atoms with Crippen molar-refractivity contribution in [2.45, 2.75) is 37.8 Å². The van der Waals surface area contributed by atoms with Gasteiger partial charge in [0.2, 0.25) is 0 Å². The van der Waals surface area contributed by atoms with Gasteiger partial charge in [-0.05, 0) is 32.0 Å². The molecule has 0 aliphatic carbocycles. The van der Waals surface area contributed by atoms with E-state index in [1.165, 1.54) is 0 Å². The number of hydrogen-bond donors (Lipinski definition) is 1. The van der Waals surface area contributed by atoms with E-state index in [0.717, 1.165) is 37.2 Å². The fraction of sp³-hybridized carbons (Fsp3) is 0.562. The molecule has 4 nitrogen and oxygen atoms in total. The average molecular weight is 274 g/mol. The molecule has 1 amide bonds. The third-order valence-corrected chi connectivity index (χ3v) is 4.57. The van der Waals surface area contributed by atoms with Crippen LogP contribution < -0.4 is 10.1 Å². The number of nitrogens with zero attached hydrogens (tertiary/aromatic N) is 1. The lowest BCUT2D eigenvalue weighted by molar-refractivity contribution is -0.139. The van der Waals surface area contributed by atoms with Crippen LogP contribution in [0.3, 0.4) is 0 Å². The average Bonchev–Trinajstić information content (AvgIpc) is 2.84. The van der Waals surface area contributed by atoms with Gasteiger partial charge in [-0.3, -0.25) is 4.79 Å². The molecule has 0 radical (unpaired) electrons. The lowest BCUT2D eigenvalue weighted by atomic mass is 9.96. The van der Waals surface area contributed by atoms with Crippen molar-refractivity contribution in [1.29, 1.82) is 0 Å². The number of rotatable bonds is 2. The van der Waals surface area contributed by atoms with Gasteiger partial charge in [-0.15, -0.1) is 0 Å². The first kappa shape index (κ1) is 13.4. The Kier molecular flexibility index (Phi) is 3.66. The summed E-state index contributed by atoms with van der Waals surface area (Å²) in [5.41, 5.74) is 1.14. The molecule has 1 fully saturated rings. The number of likely N-dealkylation sites (N-methyl/N-ethyl adjacent to an activating group) is 1. The quantitative estimate of drug-likeness (QED) is 0.893. The zero-order chi connectivity index (χ0) is 14.1. The van der Waals surface area contributed by atoms with Crippen molar-refractivity contribution >= 4 is 5.91 Å². The smallest absolute Gasteiger partial charge is 0.264 e. The Balaban J connectivity index is 1.72. The zero-order valence-electron chi connectivity index (χ0n) is 12.1. The molecule has 1 N–H and O–H groups in total. The molecule has 2 heterocycles. The highest BCUT2D eigenvalue weighted by Crippen LogP contribution is 2.38. The predicted molar refractivity (Wildman–Crippen MR) is 77.9 cm³/mol. The molecule has 0 bridgehead atoms. The first-order valence-corrected chi connectivity index (χ1v) is 7.41. The van der Waals surface area contributed by atoms with Crippen LogP contribution in [0, 0.1) is 0 Å². The molecule has 1 aromatic carbocycles. The molecular formula is C16H22N2O2.